The maximum Gasteiger partial charge on any atom is 0.110 e. The van der Waals surface area contributed by atoms with Crippen molar-refractivity contribution in [3.05, 3.63) is 0 Å². The molecular weight excluding hydrogens is 126 g/mol. The van der Waals surface area contributed by atoms with Gasteiger partial charge in [-0.05, 0) is 25.7 Å². The molecule has 2 heterocycles. The summed E-state index contributed by atoms with van der Waals surface area (Å²) in [5.74, 6) is 0. The van der Waals surface area contributed by atoms with E-state index in [1.165, 1.54) is 38.8 Å². The molecule has 1 unspecified atom stereocenters. The number of likely N-dealkylation sites (tertiary alicyclic amines) is 1. The van der Waals surface area contributed by atoms with Crippen molar-refractivity contribution in [2.24, 2.45) is 0 Å². The van der Waals surface area contributed by atoms with Gasteiger partial charge in [0.25, 0.3) is 0 Å². The van der Waals surface area contributed by atoms with Crippen molar-refractivity contribution in [3.8, 4) is 0 Å². The van der Waals surface area contributed by atoms with Gasteiger partial charge in [0, 0.05) is 19.7 Å². The van der Waals surface area contributed by atoms with E-state index in [0.29, 0.717) is 6.23 Å². The van der Waals surface area contributed by atoms with Crippen LogP contribution in [0.1, 0.15) is 25.7 Å². The summed E-state index contributed by atoms with van der Waals surface area (Å²) in [5, 5.41) is 0. The van der Waals surface area contributed by atoms with E-state index in [9.17, 15) is 0 Å². The zero-order valence-corrected chi connectivity index (χ0v) is 6.38. The molecule has 2 nitrogen and oxygen atoms in total. The van der Waals surface area contributed by atoms with Gasteiger partial charge in [-0.25, -0.2) is 0 Å². The van der Waals surface area contributed by atoms with Gasteiger partial charge in [0.1, 0.15) is 6.23 Å². The van der Waals surface area contributed by atoms with E-state index in [1.807, 2.05) is 0 Å². The van der Waals surface area contributed by atoms with Crippen molar-refractivity contribution >= 4 is 0 Å². The van der Waals surface area contributed by atoms with Crippen LogP contribution in [0.4, 0.5) is 0 Å². The van der Waals surface area contributed by atoms with Crippen molar-refractivity contribution in [2.45, 2.75) is 31.9 Å². The van der Waals surface area contributed by atoms with Crippen molar-refractivity contribution < 1.29 is 4.74 Å². The minimum Gasteiger partial charge on any atom is -0.363 e. The van der Waals surface area contributed by atoms with E-state index in [4.69, 9.17) is 4.74 Å². The smallest absolute Gasteiger partial charge is 0.110 e. The first-order valence-corrected chi connectivity index (χ1v) is 4.32. The Labute approximate surface area is 62.2 Å². The summed E-state index contributed by atoms with van der Waals surface area (Å²) in [6, 6.07) is 0. The molecule has 2 saturated heterocycles. The fraction of sp³-hybridized carbons (Fsp3) is 1.00. The van der Waals surface area contributed by atoms with Gasteiger partial charge in [0.05, 0.1) is 0 Å². The molecule has 0 N–H and O–H groups in total. The number of nitrogens with zero attached hydrogens (tertiary/aromatic N) is 1. The van der Waals surface area contributed by atoms with Crippen LogP contribution in [-0.2, 0) is 4.74 Å². The van der Waals surface area contributed by atoms with Crippen LogP contribution in [0.5, 0.6) is 0 Å². The summed E-state index contributed by atoms with van der Waals surface area (Å²) in [5.41, 5.74) is 0. The van der Waals surface area contributed by atoms with Crippen LogP contribution in [0.25, 0.3) is 0 Å². The van der Waals surface area contributed by atoms with Crippen molar-refractivity contribution in [1.82, 2.24) is 4.90 Å². The lowest BCUT2D eigenvalue weighted by Gasteiger charge is -2.39. The van der Waals surface area contributed by atoms with Crippen LogP contribution in [0.3, 0.4) is 0 Å². The molecule has 0 radical (unpaired) electrons. The predicted molar refractivity (Wildman–Crippen MR) is 39.8 cm³/mol. The topological polar surface area (TPSA) is 12.5 Å². The first kappa shape index (κ1) is 6.62. The maximum absolute atomic E-state index is 5.61. The first-order valence-electron chi connectivity index (χ1n) is 4.32. The summed E-state index contributed by atoms with van der Waals surface area (Å²) >= 11 is 0. The van der Waals surface area contributed by atoms with E-state index >= 15 is 0 Å². The van der Waals surface area contributed by atoms with Crippen molar-refractivity contribution in [2.75, 3.05) is 19.7 Å². The number of rotatable bonds is 1. The van der Waals surface area contributed by atoms with E-state index in [-0.39, 0.29) is 0 Å². The van der Waals surface area contributed by atoms with Gasteiger partial charge < -0.3 is 4.74 Å². The van der Waals surface area contributed by atoms with Crippen molar-refractivity contribution in [3.63, 3.8) is 0 Å². The number of hydrogen-bond acceptors (Lipinski definition) is 2. The van der Waals surface area contributed by atoms with Gasteiger partial charge in [-0.1, -0.05) is 0 Å². The highest BCUT2D eigenvalue weighted by Gasteiger charge is 2.25. The number of hydrogen-bond donors (Lipinski definition) is 0. The first-order chi connectivity index (χ1) is 4.97. The summed E-state index contributed by atoms with van der Waals surface area (Å²) in [6.07, 6.45) is 5.76. The zero-order valence-electron chi connectivity index (χ0n) is 6.38. The molecule has 58 valence electrons. The molecule has 0 aliphatic carbocycles. The quantitative estimate of drug-likeness (QED) is 0.544. The second kappa shape index (κ2) is 2.89. The molecule has 0 amide bonds. The molecule has 2 fully saturated rings. The molecule has 0 saturated carbocycles. The predicted octanol–water partition coefficient (Wildman–Crippen LogP) is 1.22. The van der Waals surface area contributed by atoms with Crippen LogP contribution in [-0.4, -0.2) is 30.8 Å². The van der Waals surface area contributed by atoms with Gasteiger partial charge in [-0.15, -0.1) is 0 Å². The van der Waals surface area contributed by atoms with Gasteiger partial charge >= 0.3 is 0 Å². The Bertz CT molecular complexity index is 106. The van der Waals surface area contributed by atoms with Crippen LogP contribution in [0.2, 0.25) is 0 Å². The summed E-state index contributed by atoms with van der Waals surface area (Å²) in [7, 11) is 0. The molecule has 0 aromatic heterocycles. The SMILES string of the molecule is C1CCC(N2CCC2)OC1. The van der Waals surface area contributed by atoms with Crippen LogP contribution < -0.4 is 0 Å². The van der Waals surface area contributed by atoms with Crippen molar-refractivity contribution in [1.29, 1.82) is 0 Å². The Morgan fingerprint density at radius 2 is 2.00 bits per heavy atom. The average Bonchev–Trinajstić information content (AvgIpc) is 1.86. The van der Waals surface area contributed by atoms with Gasteiger partial charge in [-0.2, -0.15) is 0 Å². The lowest BCUT2D eigenvalue weighted by atomic mass is 10.1. The fourth-order valence-corrected chi connectivity index (χ4v) is 1.64. The molecule has 10 heavy (non-hydrogen) atoms. The second-order valence-corrected chi connectivity index (χ2v) is 3.21. The van der Waals surface area contributed by atoms with E-state index < -0.39 is 0 Å². The zero-order chi connectivity index (χ0) is 6.81. The second-order valence-electron chi connectivity index (χ2n) is 3.21. The van der Waals surface area contributed by atoms with Crippen LogP contribution >= 0.6 is 0 Å². The third kappa shape index (κ3) is 1.18. The Kier molecular flexibility index (Phi) is 1.91. The van der Waals surface area contributed by atoms with Gasteiger partial charge in [-0.3, -0.25) is 4.90 Å². The minimum atomic E-state index is 0.488. The maximum atomic E-state index is 5.61. The Morgan fingerprint density at radius 1 is 1.10 bits per heavy atom. The summed E-state index contributed by atoms with van der Waals surface area (Å²) < 4.78 is 5.61. The van der Waals surface area contributed by atoms with Gasteiger partial charge in [0.15, 0.2) is 0 Å². The fourth-order valence-electron chi connectivity index (χ4n) is 1.64. The highest BCUT2D eigenvalue weighted by molar-refractivity contribution is 4.74. The molecular formula is C8H15NO. The Hall–Kier alpha value is -0.0800. The molecule has 2 aliphatic heterocycles. The van der Waals surface area contributed by atoms with Gasteiger partial charge in [0.2, 0.25) is 0 Å². The van der Waals surface area contributed by atoms with E-state index in [1.54, 1.807) is 0 Å². The standard InChI is InChI=1S/C8H15NO/c1-2-7-10-8(4-1)9-5-3-6-9/h8H,1-7H2. The average molecular weight is 141 g/mol. The lowest BCUT2D eigenvalue weighted by Crippen LogP contribution is -2.47. The third-order valence-corrected chi connectivity index (χ3v) is 2.45. The largest absolute Gasteiger partial charge is 0.363 e. The molecule has 1 atom stereocenters. The molecule has 2 heteroatoms. The third-order valence-electron chi connectivity index (χ3n) is 2.45. The molecule has 0 bridgehead atoms. The Morgan fingerprint density at radius 3 is 2.50 bits per heavy atom. The van der Waals surface area contributed by atoms with Crippen LogP contribution in [0.15, 0.2) is 0 Å². The summed E-state index contributed by atoms with van der Waals surface area (Å²) in [4.78, 5) is 2.44. The molecule has 0 spiro atoms. The normalized spacial score (nSPS) is 35.4. The van der Waals surface area contributed by atoms with E-state index in [2.05, 4.69) is 4.90 Å². The summed E-state index contributed by atoms with van der Waals surface area (Å²) in [6.45, 7) is 3.52. The number of ether oxygens (including phenoxy) is 1. The van der Waals surface area contributed by atoms with E-state index in [0.717, 1.165) is 6.61 Å². The monoisotopic (exact) mass is 141 g/mol. The minimum absolute atomic E-state index is 0.488. The molecule has 0 aromatic rings. The van der Waals surface area contributed by atoms with Crippen LogP contribution in [0, 0.1) is 0 Å². The molecule has 2 aliphatic rings. The molecule has 2 rings (SSSR count). The lowest BCUT2D eigenvalue weighted by molar-refractivity contribution is -0.109. The highest BCUT2D eigenvalue weighted by atomic mass is 16.5. The Balaban J connectivity index is 1.78. The molecule has 0 aromatic carbocycles. The highest BCUT2D eigenvalue weighted by Crippen LogP contribution is 2.20.